The van der Waals surface area contributed by atoms with Gasteiger partial charge in [-0.2, -0.15) is 0 Å². The fourth-order valence-corrected chi connectivity index (χ4v) is 3.89. The zero-order valence-electron chi connectivity index (χ0n) is 10.4. The SMILES string of the molecule is O=S1(=O)C=CC(NC(c2ccc(Cl)cc2)C2CC2)C1. The fraction of sp³-hybridized carbons (Fsp3) is 0.429. The van der Waals surface area contributed by atoms with Gasteiger partial charge < -0.3 is 5.32 Å². The maximum absolute atomic E-state index is 11.4. The summed E-state index contributed by atoms with van der Waals surface area (Å²) in [5.41, 5.74) is 1.18. The summed E-state index contributed by atoms with van der Waals surface area (Å²) in [5, 5.41) is 5.50. The third-order valence-electron chi connectivity index (χ3n) is 3.65. The number of nitrogens with one attached hydrogen (secondary N) is 1. The molecule has 0 bridgehead atoms. The van der Waals surface area contributed by atoms with Gasteiger partial charge in [0.2, 0.25) is 0 Å². The molecule has 1 fully saturated rings. The number of rotatable bonds is 4. The molecule has 19 heavy (non-hydrogen) atoms. The van der Waals surface area contributed by atoms with Crippen LogP contribution in [0.1, 0.15) is 24.4 Å². The Morgan fingerprint density at radius 2 is 1.89 bits per heavy atom. The predicted octanol–water partition coefficient (Wildman–Crippen LogP) is 2.69. The van der Waals surface area contributed by atoms with Crippen molar-refractivity contribution < 1.29 is 8.42 Å². The summed E-state index contributed by atoms with van der Waals surface area (Å²) in [5.74, 6) is 0.780. The zero-order valence-corrected chi connectivity index (χ0v) is 12.0. The van der Waals surface area contributed by atoms with Gasteiger partial charge in [0.25, 0.3) is 0 Å². The van der Waals surface area contributed by atoms with Crippen LogP contribution in [0.4, 0.5) is 0 Å². The first-order valence-corrected chi connectivity index (χ1v) is 8.55. The molecule has 2 atom stereocenters. The van der Waals surface area contributed by atoms with Crippen LogP contribution in [0.5, 0.6) is 0 Å². The van der Waals surface area contributed by atoms with Crippen LogP contribution in [-0.4, -0.2) is 20.2 Å². The average molecular weight is 298 g/mol. The highest BCUT2D eigenvalue weighted by Gasteiger charge is 2.34. The number of hydrogen-bond donors (Lipinski definition) is 1. The Bertz CT molecular complexity index is 590. The standard InChI is InChI=1S/C14H16ClNO2S/c15-12-5-3-11(4-6-12)14(10-1-2-10)16-13-7-8-19(17,18)9-13/h3-8,10,13-14,16H,1-2,9H2. The van der Waals surface area contributed by atoms with Crippen molar-refractivity contribution in [3.05, 3.63) is 46.3 Å². The van der Waals surface area contributed by atoms with Crippen molar-refractivity contribution in [3.63, 3.8) is 0 Å². The summed E-state index contributed by atoms with van der Waals surface area (Å²) >= 11 is 5.91. The molecule has 1 saturated carbocycles. The first-order valence-electron chi connectivity index (χ1n) is 6.46. The van der Waals surface area contributed by atoms with Gasteiger partial charge in [-0.15, -0.1) is 0 Å². The lowest BCUT2D eigenvalue weighted by atomic mass is 10.0. The van der Waals surface area contributed by atoms with Gasteiger partial charge in [0.15, 0.2) is 9.84 Å². The van der Waals surface area contributed by atoms with Gasteiger partial charge in [-0.05, 0) is 36.5 Å². The van der Waals surface area contributed by atoms with Crippen LogP contribution in [0, 0.1) is 5.92 Å². The number of halogens is 1. The second-order valence-electron chi connectivity index (χ2n) is 5.30. The molecule has 1 aromatic rings. The molecule has 0 spiro atoms. The van der Waals surface area contributed by atoms with Gasteiger partial charge >= 0.3 is 0 Å². The Kier molecular flexibility index (Phi) is 3.41. The van der Waals surface area contributed by atoms with E-state index in [-0.39, 0.29) is 17.8 Å². The Labute approximate surface area is 118 Å². The molecule has 1 aromatic carbocycles. The number of benzene rings is 1. The molecule has 2 aliphatic rings. The molecule has 2 unspecified atom stereocenters. The van der Waals surface area contributed by atoms with Crippen molar-refractivity contribution in [2.45, 2.75) is 24.9 Å². The highest BCUT2D eigenvalue weighted by atomic mass is 35.5. The van der Waals surface area contributed by atoms with E-state index in [4.69, 9.17) is 11.6 Å². The van der Waals surface area contributed by atoms with Crippen LogP contribution < -0.4 is 5.32 Å². The van der Waals surface area contributed by atoms with Crippen LogP contribution >= 0.6 is 11.6 Å². The van der Waals surface area contributed by atoms with E-state index in [1.165, 1.54) is 23.8 Å². The topological polar surface area (TPSA) is 46.2 Å². The molecule has 1 N–H and O–H groups in total. The zero-order chi connectivity index (χ0) is 13.5. The van der Waals surface area contributed by atoms with E-state index >= 15 is 0 Å². The van der Waals surface area contributed by atoms with E-state index in [1.54, 1.807) is 6.08 Å². The summed E-state index contributed by atoms with van der Waals surface area (Å²) in [4.78, 5) is 0. The van der Waals surface area contributed by atoms with E-state index < -0.39 is 9.84 Å². The van der Waals surface area contributed by atoms with Crippen molar-refractivity contribution in [1.82, 2.24) is 5.32 Å². The molecule has 102 valence electrons. The molecule has 0 aromatic heterocycles. The molecule has 5 heteroatoms. The van der Waals surface area contributed by atoms with Gasteiger partial charge in [0.05, 0.1) is 5.75 Å². The first-order chi connectivity index (χ1) is 9.03. The quantitative estimate of drug-likeness (QED) is 0.929. The van der Waals surface area contributed by atoms with Crippen LogP contribution in [0.3, 0.4) is 0 Å². The third kappa shape index (κ3) is 3.19. The minimum atomic E-state index is -3.00. The van der Waals surface area contributed by atoms with E-state index in [9.17, 15) is 8.42 Å². The Morgan fingerprint density at radius 1 is 1.21 bits per heavy atom. The Hall–Kier alpha value is -0.840. The predicted molar refractivity (Wildman–Crippen MR) is 76.8 cm³/mol. The van der Waals surface area contributed by atoms with E-state index in [0.29, 0.717) is 5.92 Å². The van der Waals surface area contributed by atoms with Crippen molar-refractivity contribution in [2.75, 3.05) is 5.75 Å². The van der Waals surface area contributed by atoms with Crippen LogP contribution in [0.25, 0.3) is 0 Å². The number of sulfone groups is 1. The monoisotopic (exact) mass is 297 g/mol. The molecule has 0 saturated heterocycles. The maximum atomic E-state index is 11.4. The third-order valence-corrected chi connectivity index (χ3v) is 5.29. The normalized spacial score (nSPS) is 26.5. The highest BCUT2D eigenvalue weighted by molar-refractivity contribution is 7.94. The molecule has 3 nitrogen and oxygen atoms in total. The second-order valence-corrected chi connectivity index (χ2v) is 7.67. The largest absolute Gasteiger partial charge is 0.302 e. The highest BCUT2D eigenvalue weighted by Crippen LogP contribution is 2.41. The minimum Gasteiger partial charge on any atom is -0.302 e. The molecule has 3 rings (SSSR count). The average Bonchev–Trinajstić information content (AvgIpc) is 3.13. The summed E-state index contributed by atoms with van der Waals surface area (Å²) in [6.45, 7) is 0. The van der Waals surface area contributed by atoms with Crippen molar-refractivity contribution in [1.29, 1.82) is 0 Å². The molecule has 1 aliphatic heterocycles. The van der Waals surface area contributed by atoms with Crippen molar-refractivity contribution in [2.24, 2.45) is 5.92 Å². The van der Waals surface area contributed by atoms with Gasteiger partial charge in [-0.3, -0.25) is 0 Å². The molecular formula is C14H16ClNO2S. The second kappa shape index (κ2) is 4.93. The molecular weight excluding hydrogens is 282 g/mol. The molecule has 1 aliphatic carbocycles. The smallest absolute Gasteiger partial charge is 0.173 e. The van der Waals surface area contributed by atoms with Crippen LogP contribution in [0.15, 0.2) is 35.7 Å². The van der Waals surface area contributed by atoms with Crippen LogP contribution in [-0.2, 0) is 9.84 Å². The lowest BCUT2D eigenvalue weighted by molar-refractivity contribution is 0.458. The van der Waals surface area contributed by atoms with Gasteiger partial charge in [-0.1, -0.05) is 29.8 Å². The summed E-state index contributed by atoms with van der Waals surface area (Å²) in [6.07, 6.45) is 4.15. The van der Waals surface area contributed by atoms with Gasteiger partial charge in [0, 0.05) is 22.5 Å². The van der Waals surface area contributed by atoms with Crippen molar-refractivity contribution >= 4 is 21.4 Å². The summed E-state index contributed by atoms with van der Waals surface area (Å²) in [7, 11) is -3.00. The van der Waals surface area contributed by atoms with Crippen LogP contribution in [0.2, 0.25) is 5.02 Å². The molecule has 0 amide bonds. The fourth-order valence-electron chi connectivity index (χ4n) is 2.51. The van der Waals surface area contributed by atoms with Gasteiger partial charge in [0.1, 0.15) is 0 Å². The van der Waals surface area contributed by atoms with Gasteiger partial charge in [-0.25, -0.2) is 8.42 Å². The summed E-state index contributed by atoms with van der Waals surface area (Å²) < 4.78 is 22.9. The first kappa shape index (κ1) is 13.2. The molecule has 0 radical (unpaired) electrons. The van der Waals surface area contributed by atoms with E-state index in [0.717, 1.165) is 5.02 Å². The van der Waals surface area contributed by atoms with Crippen molar-refractivity contribution in [3.8, 4) is 0 Å². The van der Waals surface area contributed by atoms with E-state index in [2.05, 4.69) is 5.32 Å². The summed E-state index contributed by atoms with van der Waals surface area (Å²) in [6, 6.07) is 7.95. The Balaban J connectivity index is 1.75. The molecule has 1 heterocycles. The lowest BCUT2D eigenvalue weighted by Gasteiger charge is -2.22. The van der Waals surface area contributed by atoms with E-state index in [1.807, 2.05) is 24.3 Å². The Morgan fingerprint density at radius 3 is 2.42 bits per heavy atom. The maximum Gasteiger partial charge on any atom is 0.173 e. The lowest BCUT2D eigenvalue weighted by Crippen LogP contribution is -2.34. The minimum absolute atomic E-state index is 0.0775. The number of hydrogen-bond acceptors (Lipinski definition) is 3.